The summed E-state index contributed by atoms with van der Waals surface area (Å²) in [6.07, 6.45) is 7.04. The van der Waals surface area contributed by atoms with E-state index >= 15 is 0 Å². The molecule has 2 unspecified atom stereocenters. The molecule has 17 heavy (non-hydrogen) atoms. The van der Waals surface area contributed by atoms with Gasteiger partial charge < -0.3 is 5.73 Å². The molecule has 1 nitrogen and oxygen atoms in total. The van der Waals surface area contributed by atoms with Crippen molar-refractivity contribution in [2.75, 3.05) is 0 Å². The molecule has 0 saturated heterocycles. The molecule has 0 heterocycles. The quantitative estimate of drug-likeness (QED) is 0.820. The van der Waals surface area contributed by atoms with Crippen molar-refractivity contribution in [2.24, 2.45) is 11.7 Å². The Kier molecular flexibility index (Phi) is 4.57. The van der Waals surface area contributed by atoms with Crippen molar-refractivity contribution in [1.29, 1.82) is 0 Å². The Labute approximate surface area is 111 Å². The van der Waals surface area contributed by atoms with Crippen LogP contribution < -0.4 is 5.73 Å². The second-order valence-corrected chi connectivity index (χ2v) is 5.94. The summed E-state index contributed by atoms with van der Waals surface area (Å²) in [6.45, 7) is 0. The number of benzene rings is 1. The molecule has 2 N–H and O–H groups in total. The summed E-state index contributed by atoms with van der Waals surface area (Å²) < 4.78 is 13.9. The number of rotatable bonds is 2. The van der Waals surface area contributed by atoms with Crippen LogP contribution in [0.4, 0.5) is 4.39 Å². The van der Waals surface area contributed by atoms with Crippen molar-refractivity contribution in [1.82, 2.24) is 0 Å². The van der Waals surface area contributed by atoms with E-state index in [-0.39, 0.29) is 5.82 Å². The zero-order chi connectivity index (χ0) is 12.3. The Bertz CT molecular complexity index is 380. The molecule has 1 aliphatic rings. The van der Waals surface area contributed by atoms with Crippen molar-refractivity contribution in [3.63, 3.8) is 0 Å². The van der Waals surface area contributed by atoms with Gasteiger partial charge in [0.05, 0.1) is 0 Å². The maximum Gasteiger partial charge on any atom is 0.124 e. The van der Waals surface area contributed by atoms with E-state index in [1.807, 2.05) is 6.07 Å². The molecular weight excluding hydrogens is 281 g/mol. The SMILES string of the molecule is NC1CCCCC(Cc2ccc(F)cc2Br)C1. The molecule has 1 aliphatic carbocycles. The molecule has 0 aliphatic heterocycles. The molecule has 1 aromatic rings. The summed E-state index contributed by atoms with van der Waals surface area (Å²) in [6, 6.07) is 5.32. The normalized spacial score (nSPS) is 25.6. The van der Waals surface area contributed by atoms with Crippen molar-refractivity contribution in [2.45, 2.75) is 44.6 Å². The van der Waals surface area contributed by atoms with Gasteiger partial charge in [0.15, 0.2) is 0 Å². The zero-order valence-corrected chi connectivity index (χ0v) is 11.5. The van der Waals surface area contributed by atoms with Crippen LogP contribution in [-0.2, 0) is 6.42 Å². The molecule has 0 aromatic heterocycles. The highest BCUT2D eigenvalue weighted by Crippen LogP contribution is 2.28. The Balaban J connectivity index is 2.03. The minimum absolute atomic E-state index is 0.182. The van der Waals surface area contributed by atoms with Crippen molar-refractivity contribution >= 4 is 15.9 Å². The second kappa shape index (κ2) is 5.96. The monoisotopic (exact) mass is 299 g/mol. The summed E-state index contributed by atoms with van der Waals surface area (Å²) in [4.78, 5) is 0. The fraction of sp³-hybridized carbons (Fsp3) is 0.571. The predicted molar refractivity (Wildman–Crippen MR) is 72.4 cm³/mol. The molecule has 94 valence electrons. The fourth-order valence-electron chi connectivity index (χ4n) is 2.69. The number of halogens is 2. The molecule has 1 aromatic carbocycles. The number of hydrogen-bond donors (Lipinski definition) is 1. The topological polar surface area (TPSA) is 26.0 Å². The van der Waals surface area contributed by atoms with Gasteiger partial charge in [-0.2, -0.15) is 0 Å². The van der Waals surface area contributed by atoms with Gasteiger partial charge in [-0.3, -0.25) is 0 Å². The minimum atomic E-state index is -0.182. The third-order valence-electron chi connectivity index (χ3n) is 3.60. The van der Waals surface area contributed by atoms with Crippen molar-refractivity contribution < 1.29 is 4.39 Å². The Morgan fingerprint density at radius 1 is 1.29 bits per heavy atom. The average molecular weight is 300 g/mol. The first-order valence-corrected chi connectivity index (χ1v) is 7.14. The van der Waals surface area contributed by atoms with Crippen LogP contribution >= 0.6 is 15.9 Å². The summed E-state index contributed by atoms with van der Waals surface area (Å²) in [5.41, 5.74) is 7.27. The van der Waals surface area contributed by atoms with Crippen LogP contribution in [0.5, 0.6) is 0 Å². The second-order valence-electron chi connectivity index (χ2n) is 5.09. The van der Waals surface area contributed by atoms with Gasteiger partial charge in [0.2, 0.25) is 0 Å². The van der Waals surface area contributed by atoms with Gasteiger partial charge in [0.25, 0.3) is 0 Å². The predicted octanol–water partition coefficient (Wildman–Crippen LogP) is 4.04. The Hall–Kier alpha value is -0.410. The first-order chi connectivity index (χ1) is 8.15. The van der Waals surface area contributed by atoms with E-state index in [2.05, 4.69) is 15.9 Å². The van der Waals surface area contributed by atoms with Gasteiger partial charge in [-0.05, 0) is 42.9 Å². The number of hydrogen-bond acceptors (Lipinski definition) is 1. The fourth-order valence-corrected chi connectivity index (χ4v) is 3.20. The third-order valence-corrected chi connectivity index (χ3v) is 4.34. The summed E-state index contributed by atoms with van der Waals surface area (Å²) in [5.74, 6) is 0.465. The molecule has 0 bridgehead atoms. The van der Waals surface area contributed by atoms with Crippen LogP contribution in [0.15, 0.2) is 22.7 Å². The molecular formula is C14H19BrFN. The van der Waals surface area contributed by atoms with E-state index < -0.39 is 0 Å². The average Bonchev–Trinajstić information content (AvgIpc) is 2.47. The lowest BCUT2D eigenvalue weighted by molar-refractivity contribution is 0.430. The smallest absolute Gasteiger partial charge is 0.124 e. The maximum absolute atomic E-state index is 13.0. The lowest BCUT2D eigenvalue weighted by atomic mass is 9.91. The first kappa shape index (κ1) is 13.0. The largest absolute Gasteiger partial charge is 0.328 e. The summed E-state index contributed by atoms with van der Waals surface area (Å²) in [7, 11) is 0. The van der Waals surface area contributed by atoms with Crippen LogP contribution in [0.25, 0.3) is 0 Å². The maximum atomic E-state index is 13.0. The van der Waals surface area contributed by atoms with Crippen molar-refractivity contribution in [3.8, 4) is 0 Å². The van der Waals surface area contributed by atoms with Crippen LogP contribution in [0.1, 0.15) is 37.7 Å². The molecule has 2 rings (SSSR count). The van der Waals surface area contributed by atoms with E-state index in [1.165, 1.54) is 30.9 Å². The van der Waals surface area contributed by atoms with Gasteiger partial charge in [0, 0.05) is 10.5 Å². The van der Waals surface area contributed by atoms with Crippen LogP contribution in [0, 0.1) is 11.7 Å². The molecule has 0 spiro atoms. The molecule has 1 saturated carbocycles. The van der Waals surface area contributed by atoms with Crippen molar-refractivity contribution in [3.05, 3.63) is 34.1 Å². The van der Waals surface area contributed by atoms with Crippen LogP contribution in [0.3, 0.4) is 0 Å². The highest BCUT2D eigenvalue weighted by Gasteiger charge is 2.18. The number of nitrogens with two attached hydrogens (primary N) is 1. The third kappa shape index (κ3) is 3.78. The standard InChI is InChI=1S/C14H19BrFN/c15-14-9-12(16)6-5-11(14)7-10-3-1-2-4-13(17)8-10/h5-6,9-10,13H,1-4,7-8,17H2. The molecule has 1 fully saturated rings. The highest BCUT2D eigenvalue weighted by atomic mass is 79.9. The van der Waals surface area contributed by atoms with Crippen LogP contribution in [-0.4, -0.2) is 6.04 Å². The Morgan fingerprint density at radius 3 is 2.82 bits per heavy atom. The molecule has 2 atom stereocenters. The molecule has 0 amide bonds. The van der Waals surface area contributed by atoms with E-state index in [0.717, 1.165) is 23.7 Å². The van der Waals surface area contributed by atoms with Crippen LogP contribution in [0.2, 0.25) is 0 Å². The zero-order valence-electron chi connectivity index (χ0n) is 9.96. The molecule has 3 heteroatoms. The van der Waals surface area contributed by atoms with Gasteiger partial charge >= 0.3 is 0 Å². The van der Waals surface area contributed by atoms with Gasteiger partial charge in [-0.25, -0.2) is 4.39 Å². The molecule has 0 radical (unpaired) electrons. The lowest BCUT2D eigenvalue weighted by Gasteiger charge is -2.17. The van der Waals surface area contributed by atoms with E-state index in [4.69, 9.17) is 5.73 Å². The summed E-state index contributed by atoms with van der Waals surface area (Å²) in [5, 5.41) is 0. The lowest BCUT2D eigenvalue weighted by Crippen LogP contribution is -2.22. The van der Waals surface area contributed by atoms with E-state index in [1.54, 1.807) is 6.07 Å². The van der Waals surface area contributed by atoms with Gasteiger partial charge in [-0.15, -0.1) is 0 Å². The first-order valence-electron chi connectivity index (χ1n) is 6.34. The summed E-state index contributed by atoms with van der Waals surface area (Å²) >= 11 is 3.44. The van der Waals surface area contributed by atoms with E-state index in [0.29, 0.717) is 12.0 Å². The highest BCUT2D eigenvalue weighted by molar-refractivity contribution is 9.10. The minimum Gasteiger partial charge on any atom is -0.328 e. The van der Waals surface area contributed by atoms with E-state index in [9.17, 15) is 4.39 Å². The van der Waals surface area contributed by atoms with Gasteiger partial charge in [0.1, 0.15) is 5.82 Å². The Morgan fingerprint density at radius 2 is 2.06 bits per heavy atom. The van der Waals surface area contributed by atoms with Gasteiger partial charge in [-0.1, -0.05) is 41.3 Å².